The summed E-state index contributed by atoms with van der Waals surface area (Å²) in [6.45, 7) is 2.26. The van der Waals surface area contributed by atoms with E-state index < -0.39 is 0 Å². The zero-order valence-corrected chi connectivity index (χ0v) is 11.0. The first-order valence-corrected chi connectivity index (χ1v) is 5.92. The zero-order chi connectivity index (χ0) is 12.7. The molecule has 0 spiro atoms. The molecule has 1 rings (SSSR count). The fourth-order valence-corrected chi connectivity index (χ4v) is 1.82. The molecule has 3 N–H and O–H groups in total. The van der Waals surface area contributed by atoms with Crippen molar-refractivity contribution in [3.8, 4) is 11.5 Å². The summed E-state index contributed by atoms with van der Waals surface area (Å²) >= 11 is 6.24. The highest BCUT2D eigenvalue weighted by molar-refractivity contribution is 6.33. The van der Waals surface area contributed by atoms with Crippen LogP contribution in [-0.2, 0) is 6.54 Å². The number of nitrogens with one attached hydrogen (secondary N) is 1. The molecule has 5 heteroatoms. The van der Waals surface area contributed by atoms with Crippen LogP contribution in [-0.4, -0.2) is 27.3 Å². The third-order valence-electron chi connectivity index (χ3n) is 2.44. The molecule has 96 valence electrons. The highest BCUT2D eigenvalue weighted by Crippen LogP contribution is 2.37. The van der Waals surface area contributed by atoms with E-state index in [0.717, 1.165) is 18.5 Å². The molecule has 4 nitrogen and oxygen atoms in total. The minimum atomic E-state index is 0.576. The largest absolute Gasteiger partial charge is 0.493 e. The van der Waals surface area contributed by atoms with Crippen molar-refractivity contribution in [2.45, 2.75) is 13.0 Å². The van der Waals surface area contributed by atoms with E-state index in [-0.39, 0.29) is 0 Å². The first kappa shape index (κ1) is 14.1. The molecular weight excluding hydrogens is 240 g/mol. The summed E-state index contributed by atoms with van der Waals surface area (Å²) < 4.78 is 10.4. The van der Waals surface area contributed by atoms with Crippen molar-refractivity contribution in [1.29, 1.82) is 0 Å². The average molecular weight is 259 g/mol. The maximum Gasteiger partial charge on any atom is 0.179 e. The molecule has 0 aliphatic heterocycles. The lowest BCUT2D eigenvalue weighted by Gasteiger charge is -2.13. The fraction of sp³-hybridized carbons (Fsp3) is 0.500. The summed E-state index contributed by atoms with van der Waals surface area (Å²) in [5, 5.41) is 3.86. The second kappa shape index (κ2) is 7.37. The summed E-state index contributed by atoms with van der Waals surface area (Å²) in [6, 6.07) is 3.78. The van der Waals surface area contributed by atoms with Crippen molar-refractivity contribution in [2.75, 3.05) is 27.3 Å². The monoisotopic (exact) mass is 258 g/mol. The molecule has 0 bridgehead atoms. The summed E-state index contributed by atoms with van der Waals surface area (Å²) in [6.07, 6.45) is 0.949. The van der Waals surface area contributed by atoms with E-state index in [0.29, 0.717) is 29.6 Å². The van der Waals surface area contributed by atoms with Gasteiger partial charge in [0.25, 0.3) is 0 Å². The molecule has 1 aromatic rings. The Morgan fingerprint density at radius 3 is 2.65 bits per heavy atom. The van der Waals surface area contributed by atoms with E-state index in [2.05, 4.69) is 5.32 Å². The van der Waals surface area contributed by atoms with Crippen LogP contribution in [0, 0.1) is 0 Å². The van der Waals surface area contributed by atoms with Crippen LogP contribution >= 0.6 is 11.6 Å². The Morgan fingerprint density at radius 1 is 1.29 bits per heavy atom. The van der Waals surface area contributed by atoms with Crippen LogP contribution in [0.4, 0.5) is 0 Å². The number of rotatable bonds is 7. The number of hydrogen-bond acceptors (Lipinski definition) is 4. The topological polar surface area (TPSA) is 56.5 Å². The Labute approximate surface area is 107 Å². The molecular formula is C12H19ClN2O2. The third-order valence-corrected chi connectivity index (χ3v) is 2.85. The second-order valence-electron chi connectivity index (χ2n) is 3.59. The van der Waals surface area contributed by atoms with E-state index in [9.17, 15) is 0 Å². The molecule has 0 heterocycles. The number of methoxy groups -OCH3 is 2. The zero-order valence-electron chi connectivity index (χ0n) is 10.3. The van der Waals surface area contributed by atoms with Crippen LogP contribution in [0.15, 0.2) is 12.1 Å². The standard InChI is InChI=1S/C12H19ClN2O2/c1-16-10-5-4-9(8-15-7-3-6-14)11(13)12(10)17-2/h4-5,15H,3,6-8,14H2,1-2H3. The van der Waals surface area contributed by atoms with Crippen molar-refractivity contribution in [1.82, 2.24) is 5.32 Å². The molecule has 0 atom stereocenters. The Balaban J connectivity index is 2.73. The summed E-state index contributed by atoms with van der Waals surface area (Å²) in [7, 11) is 3.17. The van der Waals surface area contributed by atoms with Crippen molar-refractivity contribution < 1.29 is 9.47 Å². The van der Waals surface area contributed by atoms with Gasteiger partial charge in [-0.3, -0.25) is 0 Å². The van der Waals surface area contributed by atoms with Gasteiger partial charge in [-0.1, -0.05) is 17.7 Å². The van der Waals surface area contributed by atoms with Gasteiger partial charge in [-0.25, -0.2) is 0 Å². The molecule has 0 saturated carbocycles. The van der Waals surface area contributed by atoms with Gasteiger partial charge in [-0.2, -0.15) is 0 Å². The van der Waals surface area contributed by atoms with Gasteiger partial charge in [0.1, 0.15) is 0 Å². The molecule has 0 saturated heterocycles. The highest BCUT2D eigenvalue weighted by atomic mass is 35.5. The quantitative estimate of drug-likeness (QED) is 0.733. The summed E-state index contributed by atoms with van der Waals surface area (Å²) in [5.74, 6) is 1.22. The predicted molar refractivity (Wildman–Crippen MR) is 69.9 cm³/mol. The van der Waals surface area contributed by atoms with Crippen LogP contribution in [0.1, 0.15) is 12.0 Å². The van der Waals surface area contributed by atoms with Crippen molar-refractivity contribution in [3.63, 3.8) is 0 Å². The molecule has 0 fully saturated rings. The minimum Gasteiger partial charge on any atom is -0.493 e. The van der Waals surface area contributed by atoms with Gasteiger partial charge >= 0.3 is 0 Å². The Morgan fingerprint density at radius 2 is 2.06 bits per heavy atom. The lowest BCUT2D eigenvalue weighted by molar-refractivity contribution is 0.354. The SMILES string of the molecule is COc1ccc(CNCCCN)c(Cl)c1OC. The van der Waals surface area contributed by atoms with E-state index >= 15 is 0 Å². The van der Waals surface area contributed by atoms with Crippen LogP contribution in [0.2, 0.25) is 5.02 Å². The van der Waals surface area contributed by atoms with E-state index in [1.54, 1.807) is 14.2 Å². The lowest BCUT2D eigenvalue weighted by Crippen LogP contribution is -2.18. The normalized spacial score (nSPS) is 10.4. The van der Waals surface area contributed by atoms with Gasteiger partial charge in [0.05, 0.1) is 19.2 Å². The molecule has 0 radical (unpaired) electrons. The lowest BCUT2D eigenvalue weighted by atomic mass is 10.2. The molecule has 0 aromatic heterocycles. The molecule has 0 unspecified atom stereocenters. The first-order valence-electron chi connectivity index (χ1n) is 5.54. The van der Waals surface area contributed by atoms with Crippen molar-refractivity contribution in [2.24, 2.45) is 5.73 Å². The maximum atomic E-state index is 6.24. The third kappa shape index (κ3) is 3.77. The molecule has 0 aliphatic rings. The molecule has 0 aliphatic carbocycles. The Hall–Kier alpha value is -0.970. The van der Waals surface area contributed by atoms with Crippen LogP contribution < -0.4 is 20.5 Å². The van der Waals surface area contributed by atoms with Crippen molar-refractivity contribution >= 4 is 11.6 Å². The summed E-state index contributed by atoms with van der Waals surface area (Å²) in [5.41, 5.74) is 6.41. The van der Waals surface area contributed by atoms with Gasteiger partial charge in [0.15, 0.2) is 11.5 Å². The Bertz CT molecular complexity index is 359. The highest BCUT2D eigenvalue weighted by Gasteiger charge is 2.12. The maximum absolute atomic E-state index is 6.24. The second-order valence-corrected chi connectivity index (χ2v) is 3.97. The smallest absolute Gasteiger partial charge is 0.179 e. The summed E-state index contributed by atoms with van der Waals surface area (Å²) in [4.78, 5) is 0. The van der Waals surface area contributed by atoms with E-state index in [1.807, 2.05) is 12.1 Å². The van der Waals surface area contributed by atoms with Gasteiger partial charge in [-0.15, -0.1) is 0 Å². The van der Waals surface area contributed by atoms with Gasteiger partial charge in [-0.05, 0) is 31.1 Å². The first-order chi connectivity index (χ1) is 8.24. The van der Waals surface area contributed by atoms with Crippen LogP contribution in [0.3, 0.4) is 0 Å². The number of hydrogen-bond donors (Lipinski definition) is 2. The van der Waals surface area contributed by atoms with E-state index in [1.165, 1.54) is 0 Å². The van der Waals surface area contributed by atoms with Gasteiger partial charge in [0.2, 0.25) is 0 Å². The Kier molecular flexibility index (Phi) is 6.11. The number of halogens is 1. The predicted octanol–water partition coefficient (Wildman–Crippen LogP) is 1.80. The number of benzene rings is 1. The fourth-order valence-electron chi connectivity index (χ4n) is 1.52. The molecule has 17 heavy (non-hydrogen) atoms. The molecule has 1 aromatic carbocycles. The van der Waals surface area contributed by atoms with Gasteiger partial charge < -0.3 is 20.5 Å². The van der Waals surface area contributed by atoms with Crippen molar-refractivity contribution in [3.05, 3.63) is 22.7 Å². The van der Waals surface area contributed by atoms with E-state index in [4.69, 9.17) is 26.8 Å². The number of nitrogens with two attached hydrogens (primary N) is 1. The molecule has 0 amide bonds. The van der Waals surface area contributed by atoms with Gasteiger partial charge in [0, 0.05) is 6.54 Å². The minimum absolute atomic E-state index is 0.576. The van der Waals surface area contributed by atoms with Crippen LogP contribution in [0.25, 0.3) is 0 Å². The number of ether oxygens (including phenoxy) is 2. The van der Waals surface area contributed by atoms with Crippen LogP contribution in [0.5, 0.6) is 11.5 Å². The average Bonchev–Trinajstić information content (AvgIpc) is 2.35.